The van der Waals surface area contributed by atoms with Crippen LogP contribution in [0.1, 0.15) is 23.1 Å². The van der Waals surface area contributed by atoms with Gasteiger partial charge in [0.15, 0.2) is 15.9 Å². The van der Waals surface area contributed by atoms with E-state index in [-0.39, 0.29) is 11.9 Å². The first kappa shape index (κ1) is 22.9. The summed E-state index contributed by atoms with van der Waals surface area (Å²) < 4.78 is 0. The van der Waals surface area contributed by atoms with Crippen molar-refractivity contribution in [2.45, 2.75) is 29.4 Å². The predicted molar refractivity (Wildman–Crippen MR) is 140 cm³/mol. The lowest BCUT2D eigenvalue weighted by Gasteiger charge is -2.40. The number of aryl methyl sites for hydroxylation is 1. The molecule has 0 aromatic carbocycles. The van der Waals surface area contributed by atoms with Gasteiger partial charge in [0.25, 0.3) is 5.91 Å². The van der Waals surface area contributed by atoms with Crippen LogP contribution in [0.25, 0.3) is 22.2 Å². The van der Waals surface area contributed by atoms with Gasteiger partial charge in [0.2, 0.25) is 0 Å². The summed E-state index contributed by atoms with van der Waals surface area (Å²) >= 11 is 9.34. The van der Waals surface area contributed by atoms with Crippen LogP contribution in [0, 0.1) is 0 Å². The number of rotatable bonds is 6. The maximum Gasteiger partial charge on any atom is 0.271 e. The first-order chi connectivity index (χ1) is 17.5. The number of thiazole rings is 1. The second-order valence-electron chi connectivity index (χ2n) is 8.14. The van der Waals surface area contributed by atoms with Crippen molar-refractivity contribution < 1.29 is 4.79 Å². The lowest BCUT2D eigenvalue weighted by Crippen LogP contribution is -2.59. The molecule has 182 valence electrons. The molecule has 0 radical (unpaired) electrons. The Balaban J connectivity index is 1.28. The van der Waals surface area contributed by atoms with Gasteiger partial charge >= 0.3 is 0 Å². The highest BCUT2D eigenvalue weighted by molar-refractivity contribution is 7.99. The number of hydrogen-bond donors (Lipinski definition) is 3. The van der Waals surface area contributed by atoms with Crippen LogP contribution < -0.4 is 16.0 Å². The Kier molecular flexibility index (Phi) is 5.82. The first-order valence-corrected chi connectivity index (χ1v) is 13.2. The quantitative estimate of drug-likeness (QED) is 0.274. The molecule has 0 unspecified atom stereocenters. The van der Waals surface area contributed by atoms with Crippen molar-refractivity contribution in [2.75, 3.05) is 23.7 Å². The third-order valence-electron chi connectivity index (χ3n) is 5.76. The average molecular weight is 539 g/mol. The summed E-state index contributed by atoms with van der Waals surface area (Å²) in [7, 11) is 0. The number of halogens is 1. The molecule has 6 rings (SSSR count). The Morgan fingerprint density at radius 2 is 2.11 bits per heavy atom. The molecule has 1 amide bonds. The van der Waals surface area contributed by atoms with Crippen molar-refractivity contribution in [3.8, 4) is 0 Å². The highest BCUT2D eigenvalue weighted by Gasteiger charge is 2.33. The normalized spacial score (nSPS) is 13.9. The number of aromatic amines is 1. The molecular formula is C22H19ClN10OS2. The van der Waals surface area contributed by atoms with E-state index in [2.05, 4.69) is 35.1 Å². The van der Waals surface area contributed by atoms with Crippen molar-refractivity contribution in [1.82, 2.24) is 40.2 Å². The number of H-pyrrole nitrogens is 1. The number of nitrogen functional groups attached to an aromatic ring is 1. The number of nitrogens with one attached hydrogen (secondary N) is 2. The molecule has 0 bridgehead atoms. The van der Waals surface area contributed by atoms with E-state index in [1.165, 1.54) is 23.1 Å². The van der Waals surface area contributed by atoms with Crippen LogP contribution in [0.5, 0.6) is 0 Å². The zero-order chi connectivity index (χ0) is 24.8. The number of nitrogens with zero attached hydrogens (tertiary/aromatic N) is 7. The van der Waals surface area contributed by atoms with Crippen LogP contribution in [0.15, 0.2) is 40.1 Å². The lowest BCUT2D eigenvalue weighted by atomic mass is 10.1. The molecule has 4 N–H and O–H groups in total. The molecule has 0 aliphatic carbocycles. The zero-order valence-corrected chi connectivity index (χ0v) is 21.3. The van der Waals surface area contributed by atoms with Gasteiger partial charge in [-0.15, -0.1) is 11.3 Å². The Morgan fingerprint density at radius 1 is 1.28 bits per heavy atom. The maximum absolute atomic E-state index is 12.5. The summed E-state index contributed by atoms with van der Waals surface area (Å²) in [6, 6.07) is 1.86. The highest BCUT2D eigenvalue weighted by Crippen LogP contribution is 2.38. The fraction of sp³-hybridized carbons (Fsp3) is 0.227. The molecule has 1 fully saturated rings. The molecule has 1 saturated heterocycles. The molecule has 0 spiro atoms. The number of carbonyl (C=O) groups is 1. The van der Waals surface area contributed by atoms with E-state index in [1.54, 1.807) is 24.0 Å². The number of fused-ring (bicyclic) bond motifs is 2. The van der Waals surface area contributed by atoms with E-state index in [1.807, 2.05) is 13.0 Å². The van der Waals surface area contributed by atoms with Gasteiger partial charge < -0.3 is 20.9 Å². The van der Waals surface area contributed by atoms with Gasteiger partial charge in [-0.05, 0) is 24.2 Å². The molecule has 5 aromatic rings. The number of amides is 1. The Hall–Kier alpha value is -3.55. The maximum atomic E-state index is 12.5. The minimum atomic E-state index is -0.239. The number of aromatic nitrogens is 7. The summed E-state index contributed by atoms with van der Waals surface area (Å²) in [6.07, 6.45) is 5.71. The Labute approximate surface area is 217 Å². The number of hydrogen-bond acceptors (Lipinski definition) is 11. The van der Waals surface area contributed by atoms with Gasteiger partial charge in [-0.25, -0.2) is 24.9 Å². The minimum absolute atomic E-state index is 0.0480. The molecule has 1 aliphatic rings. The van der Waals surface area contributed by atoms with E-state index in [4.69, 9.17) is 27.3 Å². The minimum Gasteiger partial charge on any atom is -0.375 e. The van der Waals surface area contributed by atoms with Crippen LogP contribution >= 0.6 is 34.7 Å². The summed E-state index contributed by atoms with van der Waals surface area (Å²) in [6.45, 7) is 3.19. The first-order valence-electron chi connectivity index (χ1n) is 11.1. The molecule has 5 aromatic heterocycles. The van der Waals surface area contributed by atoms with Gasteiger partial charge in [-0.1, -0.05) is 18.5 Å². The molecule has 1 aliphatic heterocycles. The number of carbonyl (C=O) groups excluding carboxylic acids is 1. The Morgan fingerprint density at radius 3 is 2.89 bits per heavy atom. The van der Waals surface area contributed by atoms with Gasteiger partial charge in [-0.3, -0.25) is 9.78 Å². The van der Waals surface area contributed by atoms with Crippen molar-refractivity contribution in [2.24, 2.45) is 0 Å². The van der Waals surface area contributed by atoms with Gasteiger partial charge in [0.1, 0.15) is 22.7 Å². The topological polar surface area (TPSA) is 151 Å². The van der Waals surface area contributed by atoms with Gasteiger partial charge in [0.05, 0.1) is 16.5 Å². The highest BCUT2D eigenvalue weighted by atomic mass is 35.5. The summed E-state index contributed by atoms with van der Waals surface area (Å²) in [5.41, 5.74) is 8.82. The molecule has 14 heteroatoms. The zero-order valence-electron chi connectivity index (χ0n) is 18.9. The molecule has 6 heterocycles. The molecule has 11 nitrogen and oxygen atoms in total. The third kappa shape index (κ3) is 4.18. The molecule has 0 saturated carbocycles. The van der Waals surface area contributed by atoms with Crippen LogP contribution in [0.4, 0.5) is 10.9 Å². The van der Waals surface area contributed by atoms with Crippen LogP contribution in [-0.2, 0) is 6.42 Å². The van der Waals surface area contributed by atoms with Crippen LogP contribution in [0.2, 0.25) is 5.02 Å². The largest absolute Gasteiger partial charge is 0.375 e. The van der Waals surface area contributed by atoms with Crippen molar-refractivity contribution >= 4 is 73.8 Å². The van der Waals surface area contributed by atoms with E-state index < -0.39 is 0 Å². The number of pyridine rings is 1. The molecule has 36 heavy (non-hydrogen) atoms. The second kappa shape index (κ2) is 9.15. The smallest absolute Gasteiger partial charge is 0.271 e. The fourth-order valence-electron chi connectivity index (χ4n) is 3.98. The van der Waals surface area contributed by atoms with E-state index >= 15 is 0 Å². The predicted octanol–water partition coefficient (Wildman–Crippen LogP) is 3.32. The second-order valence-corrected chi connectivity index (χ2v) is 10.5. The monoisotopic (exact) mass is 538 g/mol. The summed E-state index contributed by atoms with van der Waals surface area (Å²) in [5, 5.41) is 6.95. The van der Waals surface area contributed by atoms with Crippen molar-refractivity contribution in [3.05, 3.63) is 46.4 Å². The summed E-state index contributed by atoms with van der Waals surface area (Å²) in [5.74, 6) is 0.483. The summed E-state index contributed by atoms with van der Waals surface area (Å²) in [4.78, 5) is 45.3. The van der Waals surface area contributed by atoms with Crippen molar-refractivity contribution in [1.29, 1.82) is 0 Å². The SMILES string of the molecule is CCc1[nH]c2nc(Sc3cnc4nccnc4c3)nc(N3CC(NC(=O)c4csc(N)n4)C3)c2c1Cl. The number of nitrogens with two attached hydrogens (primary N) is 1. The lowest BCUT2D eigenvalue weighted by molar-refractivity contribution is 0.0926. The van der Waals surface area contributed by atoms with E-state index in [0.29, 0.717) is 50.9 Å². The van der Waals surface area contributed by atoms with Crippen molar-refractivity contribution in [3.63, 3.8) is 0 Å². The molecular weight excluding hydrogens is 520 g/mol. The van der Waals surface area contributed by atoms with Gasteiger partial charge in [0, 0.05) is 47.6 Å². The molecule has 0 atom stereocenters. The Bertz CT molecular complexity index is 1610. The standard InChI is InChI=1S/C22H19ClN10OS2/c1-2-12-16(23)15-18(29-12)31-22(36-11-5-13-17(27-6-11)26-4-3-25-13)32-19(15)33-7-10(8-33)28-20(34)14-9-35-21(24)30-14/h3-6,9-10H,2,7-8H2,1H3,(H2,24,30)(H,28,34)(H,29,31,32). The van der Waals surface area contributed by atoms with Gasteiger partial charge in [-0.2, -0.15) is 0 Å². The van der Waals surface area contributed by atoms with E-state index in [9.17, 15) is 4.79 Å². The average Bonchev–Trinajstić information content (AvgIpc) is 3.43. The van der Waals surface area contributed by atoms with Crippen LogP contribution in [0.3, 0.4) is 0 Å². The third-order valence-corrected chi connectivity index (χ3v) is 7.67. The number of anilines is 2. The van der Waals surface area contributed by atoms with Crippen LogP contribution in [-0.4, -0.2) is 59.9 Å². The fourth-order valence-corrected chi connectivity index (χ4v) is 5.64. The van der Waals surface area contributed by atoms with E-state index in [0.717, 1.165) is 28.2 Å².